The number of hydrogen-bond acceptors (Lipinski definition) is 8. The Labute approximate surface area is 240 Å². The van der Waals surface area contributed by atoms with Gasteiger partial charge in [-0.3, -0.25) is 9.99 Å². The number of rotatable bonds is 7. The van der Waals surface area contributed by atoms with Crippen molar-refractivity contribution in [1.82, 2.24) is 25.9 Å². The molecule has 0 fully saturated rings. The van der Waals surface area contributed by atoms with E-state index in [-0.39, 0.29) is 21.8 Å². The van der Waals surface area contributed by atoms with E-state index < -0.39 is 30.1 Å². The van der Waals surface area contributed by atoms with E-state index in [0.29, 0.717) is 33.5 Å². The Balaban J connectivity index is 1.81. The quantitative estimate of drug-likeness (QED) is 0.178. The van der Waals surface area contributed by atoms with E-state index in [4.69, 9.17) is 11.6 Å². The number of benzene rings is 1. The molecule has 0 spiro atoms. The minimum Gasteiger partial charge on any atom is -0.382 e. The summed E-state index contributed by atoms with van der Waals surface area (Å²) in [5.74, 6) is -0.617. The molecule has 1 aromatic carbocycles. The van der Waals surface area contributed by atoms with E-state index >= 15 is 0 Å². The van der Waals surface area contributed by atoms with Crippen LogP contribution in [-0.2, 0) is 0 Å². The molecule has 1 aliphatic heterocycles. The van der Waals surface area contributed by atoms with Gasteiger partial charge in [0, 0.05) is 46.8 Å². The van der Waals surface area contributed by atoms with Crippen molar-refractivity contribution in [2.75, 3.05) is 17.2 Å². The van der Waals surface area contributed by atoms with Crippen LogP contribution < -0.4 is 21.6 Å². The third-order valence-corrected chi connectivity index (χ3v) is 7.15. The Bertz CT molecular complexity index is 1540. The van der Waals surface area contributed by atoms with Gasteiger partial charge < -0.3 is 16.1 Å². The average molecular weight is 591 g/mol. The van der Waals surface area contributed by atoms with Crippen LogP contribution in [0.5, 0.6) is 0 Å². The van der Waals surface area contributed by atoms with Gasteiger partial charge in [-0.1, -0.05) is 17.7 Å². The predicted molar refractivity (Wildman–Crippen MR) is 151 cm³/mol. The fraction of sp³-hybridized carbons (Fsp3) is 0.393. The molecule has 3 heterocycles. The summed E-state index contributed by atoms with van der Waals surface area (Å²) in [5, 5.41) is 18.4. The molecule has 0 bridgehead atoms. The highest BCUT2D eigenvalue weighted by atomic mass is 35.5. The van der Waals surface area contributed by atoms with Gasteiger partial charge in [0.15, 0.2) is 0 Å². The lowest BCUT2D eigenvalue weighted by Crippen LogP contribution is -2.47. The monoisotopic (exact) mass is 590 g/mol. The third kappa shape index (κ3) is 6.26. The van der Waals surface area contributed by atoms with Gasteiger partial charge in [0.25, 0.3) is 0 Å². The van der Waals surface area contributed by atoms with Crippen LogP contribution in [0.3, 0.4) is 0 Å². The lowest BCUT2D eigenvalue weighted by atomic mass is 9.92. The van der Waals surface area contributed by atoms with Crippen LogP contribution in [-0.4, -0.2) is 33.2 Å². The highest BCUT2D eigenvalue weighted by Gasteiger charge is 2.47. The zero-order valence-electron chi connectivity index (χ0n) is 23.4. The zero-order valence-corrected chi connectivity index (χ0v) is 24.2. The van der Waals surface area contributed by atoms with Crippen molar-refractivity contribution in [3.8, 4) is 6.07 Å². The maximum absolute atomic E-state index is 13.9. The van der Waals surface area contributed by atoms with Gasteiger partial charge in [0.1, 0.15) is 6.07 Å². The molecule has 1 atom stereocenters. The Kier molecular flexibility index (Phi) is 7.99. The largest absolute Gasteiger partial charge is 0.395 e. The topological polar surface area (TPSA) is 101 Å². The summed E-state index contributed by atoms with van der Waals surface area (Å²) >= 11 is 6.61. The number of nitrogens with zero attached hydrogens (tertiary/aromatic N) is 4. The second-order valence-corrected chi connectivity index (χ2v) is 11.9. The number of fused-ring (bicyclic) bond motifs is 1. The molecule has 41 heavy (non-hydrogen) atoms. The van der Waals surface area contributed by atoms with Crippen LogP contribution in [0.1, 0.15) is 57.5 Å². The van der Waals surface area contributed by atoms with Crippen molar-refractivity contribution in [2.45, 2.75) is 59.3 Å². The first kappa shape index (κ1) is 30.1. The normalized spacial score (nSPS) is 14.9. The van der Waals surface area contributed by atoms with Gasteiger partial charge in [-0.05, 0) is 59.7 Å². The molecular formula is C28H31ClF4N8. The number of anilines is 2. The highest BCUT2D eigenvalue weighted by Crippen LogP contribution is 2.40. The molecule has 0 aliphatic carbocycles. The number of halogens is 5. The third-order valence-electron chi connectivity index (χ3n) is 6.86. The lowest BCUT2D eigenvalue weighted by Gasteiger charge is -2.30. The Morgan fingerprint density at radius 3 is 2.44 bits per heavy atom. The fourth-order valence-corrected chi connectivity index (χ4v) is 4.47. The number of hydrazine groups is 2. The first-order valence-electron chi connectivity index (χ1n) is 12.8. The van der Waals surface area contributed by atoms with Gasteiger partial charge in [-0.2, -0.15) is 22.8 Å². The molecular weight excluding hydrogens is 560 g/mol. The second kappa shape index (κ2) is 10.9. The number of aryl methyl sites for hydroxylation is 1. The van der Waals surface area contributed by atoms with Crippen LogP contribution >= 0.6 is 11.6 Å². The van der Waals surface area contributed by atoms with E-state index in [1.54, 1.807) is 25.1 Å². The molecule has 218 valence electrons. The number of nitriles is 1. The SMILES string of the molecule is Cc1nc(F)ccc1[C@H](Nc1cc(Cl)c2ncc(C#N)c(NCC(C)(C)C(F)(F)F)c2c1)C1=CN(C(C)(C)C)NN1. The summed E-state index contributed by atoms with van der Waals surface area (Å²) in [7, 11) is 0. The first-order chi connectivity index (χ1) is 19.0. The van der Waals surface area contributed by atoms with Crippen molar-refractivity contribution in [1.29, 1.82) is 5.26 Å². The summed E-state index contributed by atoms with van der Waals surface area (Å²) in [6.45, 7) is 9.43. The van der Waals surface area contributed by atoms with Crippen LogP contribution in [0.2, 0.25) is 5.02 Å². The van der Waals surface area contributed by atoms with E-state index in [1.807, 2.05) is 38.0 Å². The molecule has 4 rings (SSSR count). The minimum absolute atomic E-state index is 0.0732. The van der Waals surface area contributed by atoms with Gasteiger partial charge in [0.2, 0.25) is 5.95 Å². The Morgan fingerprint density at radius 2 is 1.85 bits per heavy atom. The Hall–Kier alpha value is -3.82. The Morgan fingerprint density at radius 1 is 1.15 bits per heavy atom. The zero-order chi connectivity index (χ0) is 30.3. The number of pyridine rings is 2. The van der Waals surface area contributed by atoms with Crippen molar-refractivity contribution >= 4 is 33.9 Å². The molecule has 4 N–H and O–H groups in total. The van der Waals surface area contributed by atoms with E-state index in [9.17, 15) is 22.8 Å². The van der Waals surface area contributed by atoms with Gasteiger partial charge in [-0.15, -0.1) is 5.53 Å². The maximum Gasteiger partial charge on any atom is 0.395 e. The fourth-order valence-electron chi connectivity index (χ4n) is 4.20. The molecule has 0 unspecified atom stereocenters. The number of hydrogen-bond donors (Lipinski definition) is 4. The minimum atomic E-state index is -4.47. The molecule has 0 radical (unpaired) electrons. The van der Waals surface area contributed by atoms with E-state index in [0.717, 1.165) is 13.8 Å². The van der Waals surface area contributed by atoms with Crippen molar-refractivity contribution in [3.05, 3.63) is 70.2 Å². The summed E-state index contributed by atoms with van der Waals surface area (Å²) in [6.07, 6.45) is -1.31. The van der Waals surface area contributed by atoms with E-state index in [1.165, 1.54) is 12.3 Å². The highest BCUT2D eigenvalue weighted by molar-refractivity contribution is 6.35. The first-order valence-corrected chi connectivity index (χ1v) is 13.1. The molecule has 0 saturated carbocycles. The molecule has 0 amide bonds. The molecule has 1 aliphatic rings. The van der Waals surface area contributed by atoms with Crippen molar-refractivity contribution in [2.24, 2.45) is 5.41 Å². The van der Waals surface area contributed by atoms with E-state index in [2.05, 4.69) is 31.6 Å². The second-order valence-electron chi connectivity index (χ2n) is 11.5. The lowest BCUT2D eigenvalue weighted by molar-refractivity contribution is -0.206. The summed E-state index contributed by atoms with van der Waals surface area (Å²) < 4.78 is 54.6. The van der Waals surface area contributed by atoms with Crippen LogP contribution in [0.15, 0.2) is 42.4 Å². The standard InChI is InChI=1S/C28H31ClF4N8/c1-15-18(7-8-22(30)37-15)25(21-13-41(40-39-21)26(2,3)4)38-17-9-19-23(36-14-27(5,6)28(31,32)33)16(11-34)12-35-24(19)20(29)10-17/h7-10,12-13,25,38-40H,14H2,1-6H3,(H,35,36)/t25-/m0/s1. The van der Waals surface area contributed by atoms with Crippen LogP contribution in [0.4, 0.5) is 28.9 Å². The van der Waals surface area contributed by atoms with Gasteiger partial charge in [-0.25, -0.2) is 4.98 Å². The summed E-state index contributed by atoms with van der Waals surface area (Å²) in [6, 6.07) is 7.63. The van der Waals surface area contributed by atoms with Crippen LogP contribution in [0, 0.1) is 29.6 Å². The van der Waals surface area contributed by atoms with Crippen LogP contribution in [0.25, 0.3) is 10.9 Å². The van der Waals surface area contributed by atoms with Crippen molar-refractivity contribution in [3.63, 3.8) is 0 Å². The van der Waals surface area contributed by atoms with Gasteiger partial charge >= 0.3 is 6.18 Å². The van der Waals surface area contributed by atoms with Crippen molar-refractivity contribution < 1.29 is 17.6 Å². The number of nitrogens with one attached hydrogen (secondary N) is 4. The van der Waals surface area contributed by atoms with Gasteiger partial charge in [0.05, 0.1) is 38.9 Å². The average Bonchev–Trinajstić information content (AvgIpc) is 3.36. The summed E-state index contributed by atoms with van der Waals surface area (Å²) in [4.78, 5) is 8.26. The predicted octanol–water partition coefficient (Wildman–Crippen LogP) is 6.72. The maximum atomic E-state index is 13.9. The summed E-state index contributed by atoms with van der Waals surface area (Å²) in [5.41, 5.74) is 6.81. The molecule has 3 aromatic rings. The molecule has 0 saturated heterocycles. The molecule has 2 aromatic heterocycles. The number of aromatic nitrogens is 2. The molecule has 8 nitrogen and oxygen atoms in total. The smallest absolute Gasteiger partial charge is 0.382 e. The number of alkyl halides is 3. The molecule has 13 heteroatoms.